The maximum absolute atomic E-state index is 10.00. The Balaban J connectivity index is 1.77. The third-order valence-corrected chi connectivity index (χ3v) is 3.83. The first-order chi connectivity index (χ1) is 11.2. The molecule has 0 saturated heterocycles. The van der Waals surface area contributed by atoms with Gasteiger partial charge in [-0.3, -0.25) is 4.98 Å². The Hall–Kier alpha value is -3.14. The Kier molecular flexibility index (Phi) is 3.08. The quantitative estimate of drug-likeness (QED) is 0.421. The summed E-state index contributed by atoms with van der Waals surface area (Å²) in [5.74, 6) is 0.803. The van der Waals surface area contributed by atoms with Crippen molar-refractivity contribution in [3.05, 3.63) is 66.4 Å². The van der Waals surface area contributed by atoms with Gasteiger partial charge in [-0.05, 0) is 47.5 Å². The van der Waals surface area contributed by atoms with Crippen molar-refractivity contribution >= 4 is 33.3 Å². The third-order valence-electron chi connectivity index (χ3n) is 3.83. The minimum absolute atomic E-state index is 0.199. The van der Waals surface area contributed by atoms with Crippen LogP contribution < -0.4 is 5.32 Å². The topological polar surface area (TPSA) is 58.0 Å². The lowest BCUT2D eigenvalue weighted by molar-refractivity contribution is 0.477. The lowest BCUT2D eigenvalue weighted by Gasteiger charge is -2.09. The van der Waals surface area contributed by atoms with Crippen LogP contribution in [-0.2, 0) is 0 Å². The predicted octanol–water partition coefficient (Wildman–Crippen LogP) is 4.54. The predicted molar refractivity (Wildman–Crippen MR) is 93.2 cm³/mol. The minimum atomic E-state index is 0.199. The molecule has 4 rings (SSSR count). The summed E-state index contributed by atoms with van der Waals surface area (Å²) in [6, 6.07) is 17.7. The fraction of sp³-hybridized carbons (Fsp3) is 0.0526. The molecule has 0 aliphatic heterocycles. The average molecular weight is 301 g/mol. The van der Waals surface area contributed by atoms with Crippen LogP contribution in [0.5, 0.6) is 5.75 Å². The second-order valence-electron chi connectivity index (χ2n) is 5.59. The zero-order valence-corrected chi connectivity index (χ0v) is 12.6. The molecule has 2 N–H and O–H groups in total. The van der Waals surface area contributed by atoms with E-state index in [-0.39, 0.29) is 5.75 Å². The highest BCUT2D eigenvalue weighted by Crippen LogP contribution is 2.27. The Labute approximate surface area is 133 Å². The van der Waals surface area contributed by atoms with Gasteiger partial charge in [0.25, 0.3) is 0 Å². The van der Waals surface area contributed by atoms with Gasteiger partial charge in [0.2, 0.25) is 0 Å². The van der Waals surface area contributed by atoms with E-state index in [2.05, 4.69) is 27.4 Å². The molecule has 0 fully saturated rings. The Morgan fingerprint density at radius 2 is 1.65 bits per heavy atom. The van der Waals surface area contributed by atoms with E-state index in [0.717, 1.165) is 27.4 Å². The molecule has 0 aliphatic rings. The van der Waals surface area contributed by atoms with Crippen molar-refractivity contribution in [2.45, 2.75) is 6.92 Å². The van der Waals surface area contributed by atoms with Gasteiger partial charge >= 0.3 is 0 Å². The average Bonchev–Trinajstić information content (AvgIpc) is 2.55. The number of fused-ring (bicyclic) bond motifs is 2. The van der Waals surface area contributed by atoms with Gasteiger partial charge in [-0.2, -0.15) is 0 Å². The van der Waals surface area contributed by atoms with Crippen LogP contribution in [0.25, 0.3) is 21.8 Å². The van der Waals surface area contributed by atoms with Gasteiger partial charge in [0.05, 0.1) is 22.9 Å². The molecule has 0 amide bonds. The number of rotatable bonds is 2. The third kappa shape index (κ3) is 2.55. The number of nitrogens with zero attached hydrogens (tertiary/aromatic N) is 2. The van der Waals surface area contributed by atoms with Gasteiger partial charge in [-0.15, -0.1) is 0 Å². The Bertz CT molecular complexity index is 1030. The van der Waals surface area contributed by atoms with Crippen LogP contribution in [-0.4, -0.2) is 15.1 Å². The highest BCUT2D eigenvalue weighted by Gasteiger charge is 2.05. The number of aromatic hydroxyl groups is 1. The summed E-state index contributed by atoms with van der Waals surface area (Å²) in [5, 5.41) is 15.4. The number of benzene rings is 3. The number of phenolic OH excluding ortho intramolecular Hbond substituents is 1. The van der Waals surface area contributed by atoms with Crippen LogP contribution in [0, 0.1) is 6.92 Å². The number of phenols is 1. The molecule has 0 saturated carbocycles. The molecule has 4 aromatic rings. The fourth-order valence-electron chi connectivity index (χ4n) is 2.64. The molecule has 0 radical (unpaired) electrons. The second-order valence-corrected chi connectivity index (χ2v) is 5.59. The smallest absolute Gasteiger partial charge is 0.149 e. The maximum Gasteiger partial charge on any atom is 0.149 e. The van der Waals surface area contributed by atoms with Crippen LogP contribution in [0.15, 0.2) is 60.8 Å². The van der Waals surface area contributed by atoms with Crippen molar-refractivity contribution in [3.63, 3.8) is 0 Å². The summed E-state index contributed by atoms with van der Waals surface area (Å²) in [4.78, 5) is 9.07. The number of aryl methyl sites for hydroxylation is 1. The lowest BCUT2D eigenvalue weighted by atomic mass is 10.1. The zero-order chi connectivity index (χ0) is 15.8. The Morgan fingerprint density at radius 3 is 2.39 bits per heavy atom. The molecule has 4 nitrogen and oxygen atoms in total. The summed E-state index contributed by atoms with van der Waals surface area (Å²) < 4.78 is 0. The molecule has 1 aromatic heterocycles. The van der Waals surface area contributed by atoms with Crippen LogP contribution in [0.2, 0.25) is 0 Å². The summed E-state index contributed by atoms with van der Waals surface area (Å²) in [5.41, 5.74) is 3.29. The van der Waals surface area contributed by atoms with Crippen molar-refractivity contribution in [1.82, 2.24) is 9.97 Å². The van der Waals surface area contributed by atoms with Gasteiger partial charge < -0.3 is 10.4 Å². The second kappa shape index (κ2) is 5.25. The molecule has 3 aromatic carbocycles. The van der Waals surface area contributed by atoms with Crippen LogP contribution in [0.3, 0.4) is 0 Å². The number of hydrogen-bond acceptors (Lipinski definition) is 4. The molecule has 112 valence electrons. The lowest BCUT2D eigenvalue weighted by Crippen LogP contribution is -1.96. The van der Waals surface area contributed by atoms with Gasteiger partial charge in [0.15, 0.2) is 0 Å². The van der Waals surface area contributed by atoms with Crippen molar-refractivity contribution in [2.75, 3.05) is 5.32 Å². The zero-order valence-electron chi connectivity index (χ0n) is 12.6. The molecule has 1 heterocycles. The fourth-order valence-corrected chi connectivity index (χ4v) is 2.64. The number of anilines is 2. The normalized spacial score (nSPS) is 11.0. The van der Waals surface area contributed by atoms with E-state index in [0.29, 0.717) is 11.5 Å². The molecule has 4 heteroatoms. The van der Waals surface area contributed by atoms with Gasteiger partial charge in [-0.25, -0.2) is 4.98 Å². The highest BCUT2D eigenvalue weighted by molar-refractivity contribution is 5.95. The van der Waals surface area contributed by atoms with Crippen molar-refractivity contribution in [3.8, 4) is 5.75 Å². The molecular formula is C19H15N3O. The van der Waals surface area contributed by atoms with E-state index in [1.165, 1.54) is 0 Å². The highest BCUT2D eigenvalue weighted by atomic mass is 16.3. The van der Waals surface area contributed by atoms with Crippen LogP contribution in [0.4, 0.5) is 11.5 Å². The number of aromatic nitrogens is 2. The van der Waals surface area contributed by atoms with Gasteiger partial charge in [-0.1, -0.05) is 30.3 Å². The van der Waals surface area contributed by atoms with E-state index < -0.39 is 0 Å². The molecule has 0 spiro atoms. The summed E-state index contributed by atoms with van der Waals surface area (Å²) in [7, 11) is 0. The van der Waals surface area contributed by atoms with Crippen molar-refractivity contribution in [1.29, 1.82) is 0 Å². The summed E-state index contributed by atoms with van der Waals surface area (Å²) in [6.07, 6.45) is 1.68. The van der Waals surface area contributed by atoms with Crippen LogP contribution >= 0.6 is 0 Å². The van der Waals surface area contributed by atoms with Crippen LogP contribution in [0.1, 0.15) is 5.56 Å². The summed E-state index contributed by atoms with van der Waals surface area (Å²) >= 11 is 0. The first kappa shape index (κ1) is 13.5. The number of nitrogens with one attached hydrogen (secondary N) is 1. The monoisotopic (exact) mass is 301 g/mol. The van der Waals surface area contributed by atoms with Crippen molar-refractivity contribution in [2.24, 2.45) is 0 Å². The van der Waals surface area contributed by atoms with Crippen molar-refractivity contribution < 1.29 is 5.11 Å². The first-order valence-corrected chi connectivity index (χ1v) is 7.41. The SMILES string of the molecule is Cc1ccc(Nc2cnc3cc4ccccc4cc3n2)c(O)c1. The van der Waals surface area contributed by atoms with E-state index in [1.54, 1.807) is 12.3 Å². The van der Waals surface area contributed by atoms with E-state index in [9.17, 15) is 5.11 Å². The first-order valence-electron chi connectivity index (χ1n) is 7.41. The molecule has 23 heavy (non-hydrogen) atoms. The molecule has 0 aliphatic carbocycles. The van der Waals surface area contributed by atoms with Gasteiger partial charge in [0, 0.05) is 0 Å². The summed E-state index contributed by atoms with van der Waals surface area (Å²) in [6.45, 7) is 1.93. The van der Waals surface area contributed by atoms with E-state index >= 15 is 0 Å². The molecular weight excluding hydrogens is 286 g/mol. The number of hydrogen-bond donors (Lipinski definition) is 2. The van der Waals surface area contributed by atoms with E-state index in [1.807, 2.05) is 43.3 Å². The maximum atomic E-state index is 10.00. The van der Waals surface area contributed by atoms with E-state index in [4.69, 9.17) is 0 Å². The van der Waals surface area contributed by atoms with Gasteiger partial charge in [0.1, 0.15) is 11.6 Å². The molecule has 0 atom stereocenters. The largest absolute Gasteiger partial charge is 0.506 e. The Morgan fingerprint density at radius 1 is 0.913 bits per heavy atom. The molecule has 0 bridgehead atoms. The minimum Gasteiger partial charge on any atom is -0.506 e. The molecule has 0 unspecified atom stereocenters. The standard InChI is InChI=1S/C19H15N3O/c1-12-6-7-15(18(23)8-12)21-19-11-20-16-9-13-4-2-3-5-14(13)10-17(16)22-19/h2-11,23H,1H3,(H,21,22).